The maximum Gasteiger partial charge on any atom is 0.305 e. The molecule has 0 saturated heterocycles. The van der Waals surface area contributed by atoms with Crippen molar-refractivity contribution >= 4 is 11.9 Å². The summed E-state index contributed by atoms with van der Waals surface area (Å²) in [5, 5.41) is 11.3. The standard InChI is InChI=1S/C13H21NO3/c1-3-4-5-6-7-8-9-12(10-13(16)17)14-11(2)15/h5-8,12H,3-4,9-10H2,1-2H3,(H,14,15)(H,16,17)/b6-5+,8-7+/t12-/m1/s1. The van der Waals surface area contributed by atoms with E-state index in [2.05, 4.69) is 18.3 Å². The van der Waals surface area contributed by atoms with E-state index >= 15 is 0 Å². The molecule has 0 aliphatic carbocycles. The number of unbranched alkanes of at least 4 members (excludes halogenated alkanes) is 1. The van der Waals surface area contributed by atoms with Gasteiger partial charge in [0.1, 0.15) is 0 Å². The highest BCUT2D eigenvalue weighted by Gasteiger charge is 2.11. The number of carbonyl (C=O) groups is 2. The minimum absolute atomic E-state index is 0.0530. The van der Waals surface area contributed by atoms with Gasteiger partial charge in [0.15, 0.2) is 0 Å². The van der Waals surface area contributed by atoms with Crippen LogP contribution in [-0.2, 0) is 9.59 Å². The molecule has 0 aromatic carbocycles. The summed E-state index contributed by atoms with van der Waals surface area (Å²) in [5.41, 5.74) is 0. The number of allylic oxidation sites excluding steroid dienone is 3. The van der Waals surface area contributed by atoms with Gasteiger partial charge in [-0.15, -0.1) is 0 Å². The summed E-state index contributed by atoms with van der Waals surface area (Å²) < 4.78 is 0. The van der Waals surface area contributed by atoms with Crippen LogP contribution in [0.15, 0.2) is 24.3 Å². The molecular weight excluding hydrogens is 218 g/mol. The van der Waals surface area contributed by atoms with Crippen LogP contribution in [0.2, 0.25) is 0 Å². The minimum atomic E-state index is -0.904. The van der Waals surface area contributed by atoms with Gasteiger partial charge in [0.25, 0.3) is 0 Å². The van der Waals surface area contributed by atoms with Crippen LogP contribution in [0, 0.1) is 0 Å². The first-order valence-corrected chi connectivity index (χ1v) is 5.86. The number of carboxylic acids is 1. The van der Waals surface area contributed by atoms with Crippen LogP contribution in [0.4, 0.5) is 0 Å². The van der Waals surface area contributed by atoms with E-state index in [0.29, 0.717) is 6.42 Å². The maximum absolute atomic E-state index is 10.9. The maximum atomic E-state index is 10.9. The smallest absolute Gasteiger partial charge is 0.305 e. The molecule has 4 nitrogen and oxygen atoms in total. The van der Waals surface area contributed by atoms with Crippen molar-refractivity contribution in [3.8, 4) is 0 Å². The second kappa shape index (κ2) is 9.63. The van der Waals surface area contributed by atoms with Gasteiger partial charge in [-0.2, -0.15) is 0 Å². The molecule has 0 spiro atoms. The zero-order valence-corrected chi connectivity index (χ0v) is 10.5. The molecule has 0 fully saturated rings. The number of amides is 1. The Morgan fingerprint density at radius 3 is 2.47 bits per heavy atom. The summed E-state index contributed by atoms with van der Waals surface area (Å²) in [6.45, 7) is 3.49. The largest absolute Gasteiger partial charge is 0.481 e. The highest BCUT2D eigenvalue weighted by Crippen LogP contribution is 2.00. The Balaban J connectivity index is 4.05. The summed E-state index contributed by atoms with van der Waals surface area (Å²) in [5.74, 6) is -1.11. The molecule has 4 heteroatoms. The van der Waals surface area contributed by atoms with Crippen LogP contribution in [0.3, 0.4) is 0 Å². The molecule has 17 heavy (non-hydrogen) atoms. The van der Waals surface area contributed by atoms with Crippen molar-refractivity contribution < 1.29 is 14.7 Å². The lowest BCUT2D eigenvalue weighted by Gasteiger charge is -2.13. The Kier molecular flexibility index (Phi) is 8.74. The molecule has 0 aliphatic heterocycles. The van der Waals surface area contributed by atoms with Crippen LogP contribution in [0.1, 0.15) is 39.5 Å². The number of hydrogen-bond donors (Lipinski definition) is 2. The van der Waals surface area contributed by atoms with E-state index in [1.807, 2.05) is 18.2 Å². The second-order valence-electron chi connectivity index (χ2n) is 3.88. The first kappa shape index (κ1) is 15.4. The molecule has 0 aliphatic rings. The molecule has 0 heterocycles. The number of aliphatic carboxylic acids is 1. The van der Waals surface area contributed by atoms with E-state index in [1.54, 1.807) is 0 Å². The van der Waals surface area contributed by atoms with Crippen molar-refractivity contribution in [2.24, 2.45) is 0 Å². The molecule has 0 radical (unpaired) electrons. The van der Waals surface area contributed by atoms with Crippen molar-refractivity contribution in [1.29, 1.82) is 0 Å². The lowest BCUT2D eigenvalue weighted by atomic mass is 10.1. The monoisotopic (exact) mass is 239 g/mol. The highest BCUT2D eigenvalue weighted by molar-refractivity contribution is 5.74. The molecule has 0 aromatic rings. The number of carboxylic acid groups (broad SMARTS) is 1. The number of hydrogen-bond acceptors (Lipinski definition) is 2. The van der Waals surface area contributed by atoms with Crippen molar-refractivity contribution in [3.05, 3.63) is 24.3 Å². The van der Waals surface area contributed by atoms with Gasteiger partial charge < -0.3 is 10.4 Å². The SMILES string of the molecule is CCC/C=C/C=C/C[C@H](CC(=O)O)NC(C)=O. The van der Waals surface area contributed by atoms with E-state index in [4.69, 9.17) is 5.11 Å². The molecule has 0 rings (SSSR count). The summed E-state index contributed by atoms with van der Waals surface area (Å²) >= 11 is 0. The number of nitrogens with one attached hydrogen (secondary N) is 1. The Hall–Kier alpha value is -1.58. The normalized spacial score (nSPS) is 13.1. The summed E-state index contributed by atoms with van der Waals surface area (Å²) in [6.07, 6.45) is 10.4. The summed E-state index contributed by atoms with van der Waals surface area (Å²) in [4.78, 5) is 21.4. The van der Waals surface area contributed by atoms with Gasteiger partial charge in [-0.3, -0.25) is 9.59 Å². The van der Waals surface area contributed by atoms with Crippen molar-refractivity contribution in [1.82, 2.24) is 5.32 Å². The van der Waals surface area contributed by atoms with Gasteiger partial charge in [-0.05, 0) is 12.8 Å². The third-order valence-electron chi connectivity index (χ3n) is 2.09. The molecule has 96 valence electrons. The Morgan fingerprint density at radius 2 is 1.94 bits per heavy atom. The van der Waals surface area contributed by atoms with E-state index in [-0.39, 0.29) is 18.4 Å². The Bertz CT molecular complexity index is 279. The van der Waals surface area contributed by atoms with Gasteiger partial charge in [0, 0.05) is 13.0 Å². The van der Waals surface area contributed by atoms with Gasteiger partial charge >= 0.3 is 5.97 Å². The summed E-state index contributed by atoms with van der Waals surface area (Å²) in [6, 6.07) is -0.333. The molecule has 0 unspecified atom stereocenters. The van der Waals surface area contributed by atoms with Gasteiger partial charge in [-0.25, -0.2) is 0 Å². The molecule has 0 aromatic heterocycles. The molecule has 0 bridgehead atoms. The fourth-order valence-electron chi connectivity index (χ4n) is 1.35. The topological polar surface area (TPSA) is 66.4 Å². The lowest BCUT2D eigenvalue weighted by molar-refractivity contribution is -0.137. The highest BCUT2D eigenvalue weighted by atomic mass is 16.4. The number of carbonyl (C=O) groups excluding carboxylic acids is 1. The fraction of sp³-hybridized carbons (Fsp3) is 0.538. The van der Waals surface area contributed by atoms with E-state index in [9.17, 15) is 9.59 Å². The van der Waals surface area contributed by atoms with Crippen LogP contribution < -0.4 is 5.32 Å². The molecule has 0 saturated carbocycles. The average molecular weight is 239 g/mol. The molecule has 1 atom stereocenters. The molecular formula is C13H21NO3. The quantitative estimate of drug-likeness (QED) is 0.638. The fourth-order valence-corrected chi connectivity index (χ4v) is 1.35. The first-order valence-electron chi connectivity index (χ1n) is 5.86. The first-order chi connectivity index (χ1) is 8.06. The zero-order valence-electron chi connectivity index (χ0n) is 10.5. The summed E-state index contributed by atoms with van der Waals surface area (Å²) in [7, 11) is 0. The van der Waals surface area contributed by atoms with Crippen molar-refractivity contribution in [2.45, 2.75) is 45.6 Å². The van der Waals surface area contributed by atoms with Crippen LogP contribution in [0.5, 0.6) is 0 Å². The van der Waals surface area contributed by atoms with Crippen molar-refractivity contribution in [3.63, 3.8) is 0 Å². The third-order valence-corrected chi connectivity index (χ3v) is 2.09. The van der Waals surface area contributed by atoms with Crippen LogP contribution in [-0.4, -0.2) is 23.0 Å². The molecule has 2 N–H and O–H groups in total. The Morgan fingerprint density at radius 1 is 1.29 bits per heavy atom. The predicted molar refractivity (Wildman–Crippen MR) is 67.7 cm³/mol. The second-order valence-corrected chi connectivity index (χ2v) is 3.88. The van der Waals surface area contributed by atoms with Gasteiger partial charge in [-0.1, -0.05) is 37.6 Å². The average Bonchev–Trinajstić information content (AvgIpc) is 2.21. The van der Waals surface area contributed by atoms with Gasteiger partial charge in [0.2, 0.25) is 5.91 Å². The molecule has 1 amide bonds. The van der Waals surface area contributed by atoms with E-state index in [0.717, 1.165) is 12.8 Å². The number of rotatable bonds is 8. The van der Waals surface area contributed by atoms with E-state index in [1.165, 1.54) is 6.92 Å². The van der Waals surface area contributed by atoms with Crippen LogP contribution >= 0.6 is 0 Å². The lowest BCUT2D eigenvalue weighted by Crippen LogP contribution is -2.34. The van der Waals surface area contributed by atoms with Gasteiger partial charge in [0.05, 0.1) is 6.42 Å². The minimum Gasteiger partial charge on any atom is -0.481 e. The zero-order chi connectivity index (χ0) is 13.1. The predicted octanol–water partition coefficient (Wildman–Crippen LogP) is 2.27. The Labute approximate surface area is 102 Å². The third kappa shape index (κ3) is 10.7. The van der Waals surface area contributed by atoms with E-state index < -0.39 is 5.97 Å². The van der Waals surface area contributed by atoms with Crippen molar-refractivity contribution in [2.75, 3.05) is 0 Å². The van der Waals surface area contributed by atoms with Crippen LogP contribution in [0.25, 0.3) is 0 Å².